The van der Waals surface area contributed by atoms with Gasteiger partial charge in [-0.15, -0.1) is 0 Å². The lowest BCUT2D eigenvalue weighted by molar-refractivity contribution is -0.167. The number of hydrogen-bond acceptors (Lipinski definition) is 6. The first-order valence-electron chi connectivity index (χ1n) is 25.3. The zero-order chi connectivity index (χ0) is 46.5. The van der Waals surface area contributed by atoms with Crippen LogP contribution in [0.2, 0.25) is 0 Å². The van der Waals surface area contributed by atoms with E-state index in [2.05, 4.69) is 118 Å². The smallest absolute Gasteiger partial charge is 0.306 e. The van der Waals surface area contributed by atoms with Gasteiger partial charge in [0.05, 0.1) is 0 Å². The molecule has 6 nitrogen and oxygen atoms in total. The maximum absolute atomic E-state index is 12.8. The van der Waals surface area contributed by atoms with E-state index in [4.69, 9.17) is 14.2 Å². The number of rotatable bonds is 43. The number of carbonyl (C=O) groups excluding carboxylic acids is 3. The molecule has 0 saturated heterocycles. The van der Waals surface area contributed by atoms with Crippen LogP contribution in [-0.2, 0) is 28.6 Å². The highest BCUT2D eigenvalue weighted by molar-refractivity contribution is 5.71. The SMILES string of the molecule is CC/C=C\C/C=C\C/C=C\C/C=C\CCCCCC(=O)OC(COC(=O)CCCCCCC\C=C/C=C\C=C/C=C\C=C/CCC)COC(=O)CCCCCCC/C=C\C/C=C\CC. The number of hydrogen-bond donors (Lipinski definition) is 0. The summed E-state index contributed by atoms with van der Waals surface area (Å²) < 4.78 is 16.7. The average molecular weight is 883 g/mol. The van der Waals surface area contributed by atoms with Crippen molar-refractivity contribution in [3.05, 3.63) is 134 Å². The predicted octanol–water partition coefficient (Wildman–Crippen LogP) is 16.7. The van der Waals surface area contributed by atoms with Gasteiger partial charge in [0, 0.05) is 19.3 Å². The van der Waals surface area contributed by atoms with E-state index >= 15 is 0 Å². The largest absolute Gasteiger partial charge is 0.462 e. The molecule has 358 valence electrons. The Balaban J connectivity index is 4.54. The molecule has 64 heavy (non-hydrogen) atoms. The Morgan fingerprint density at radius 3 is 1.11 bits per heavy atom. The Kier molecular flexibility index (Phi) is 47.6. The second-order valence-corrected chi connectivity index (χ2v) is 16.1. The van der Waals surface area contributed by atoms with Crippen LogP contribution in [0, 0.1) is 0 Å². The van der Waals surface area contributed by atoms with Crippen LogP contribution in [0.1, 0.15) is 194 Å². The number of ether oxygens (including phenoxy) is 3. The van der Waals surface area contributed by atoms with E-state index in [0.29, 0.717) is 19.3 Å². The fourth-order valence-corrected chi connectivity index (χ4v) is 6.26. The van der Waals surface area contributed by atoms with E-state index in [1.807, 2.05) is 36.5 Å². The topological polar surface area (TPSA) is 78.9 Å². The van der Waals surface area contributed by atoms with Gasteiger partial charge in [-0.1, -0.05) is 206 Å². The van der Waals surface area contributed by atoms with Crippen molar-refractivity contribution in [2.75, 3.05) is 13.2 Å². The fourth-order valence-electron chi connectivity index (χ4n) is 6.26. The molecule has 0 aromatic rings. The van der Waals surface area contributed by atoms with E-state index in [1.165, 1.54) is 6.42 Å². The lowest BCUT2D eigenvalue weighted by atomic mass is 10.1. The highest BCUT2D eigenvalue weighted by atomic mass is 16.6. The van der Waals surface area contributed by atoms with Crippen molar-refractivity contribution in [2.24, 2.45) is 0 Å². The van der Waals surface area contributed by atoms with Crippen molar-refractivity contribution in [3.8, 4) is 0 Å². The monoisotopic (exact) mass is 883 g/mol. The summed E-state index contributed by atoms with van der Waals surface area (Å²) in [4.78, 5) is 38.0. The molecule has 0 fully saturated rings. The molecule has 0 radical (unpaired) electrons. The van der Waals surface area contributed by atoms with Gasteiger partial charge in [-0.2, -0.15) is 0 Å². The predicted molar refractivity (Wildman–Crippen MR) is 274 cm³/mol. The lowest BCUT2D eigenvalue weighted by Gasteiger charge is -2.18. The van der Waals surface area contributed by atoms with Crippen LogP contribution in [0.5, 0.6) is 0 Å². The molecule has 0 heterocycles. The maximum Gasteiger partial charge on any atom is 0.306 e. The lowest BCUT2D eigenvalue weighted by Crippen LogP contribution is -2.30. The van der Waals surface area contributed by atoms with Crippen molar-refractivity contribution in [1.82, 2.24) is 0 Å². The number of carbonyl (C=O) groups is 3. The fraction of sp³-hybridized carbons (Fsp3) is 0.569. The minimum Gasteiger partial charge on any atom is -0.462 e. The van der Waals surface area contributed by atoms with Gasteiger partial charge < -0.3 is 14.2 Å². The van der Waals surface area contributed by atoms with Crippen LogP contribution >= 0.6 is 0 Å². The average Bonchev–Trinajstić information content (AvgIpc) is 3.29. The summed E-state index contributed by atoms with van der Waals surface area (Å²) in [6.45, 7) is 6.24. The third-order valence-corrected chi connectivity index (χ3v) is 9.98. The number of esters is 3. The van der Waals surface area contributed by atoms with Crippen LogP contribution in [0.4, 0.5) is 0 Å². The van der Waals surface area contributed by atoms with Crippen LogP contribution in [-0.4, -0.2) is 37.2 Å². The molecule has 0 amide bonds. The van der Waals surface area contributed by atoms with Gasteiger partial charge in [0.15, 0.2) is 6.10 Å². The van der Waals surface area contributed by atoms with Gasteiger partial charge in [-0.3, -0.25) is 14.4 Å². The van der Waals surface area contributed by atoms with E-state index in [1.54, 1.807) is 0 Å². The van der Waals surface area contributed by atoms with Gasteiger partial charge in [0.1, 0.15) is 13.2 Å². The Bertz CT molecular complexity index is 1430. The van der Waals surface area contributed by atoms with Crippen molar-refractivity contribution >= 4 is 17.9 Å². The second kappa shape index (κ2) is 51.2. The van der Waals surface area contributed by atoms with Gasteiger partial charge in [0.2, 0.25) is 0 Å². The summed E-state index contributed by atoms with van der Waals surface area (Å²) in [5, 5.41) is 0. The molecular weight excluding hydrogens is 793 g/mol. The van der Waals surface area contributed by atoms with Crippen LogP contribution < -0.4 is 0 Å². The minimum atomic E-state index is -0.816. The van der Waals surface area contributed by atoms with Crippen LogP contribution in [0.25, 0.3) is 0 Å². The number of unbranched alkanes of at least 4 members (excludes halogenated alkanes) is 14. The van der Waals surface area contributed by atoms with Crippen molar-refractivity contribution in [1.29, 1.82) is 0 Å². The third-order valence-electron chi connectivity index (χ3n) is 9.98. The Morgan fingerprint density at radius 1 is 0.344 bits per heavy atom. The van der Waals surface area contributed by atoms with Gasteiger partial charge >= 0.3 is 17.9 Å². The Morgan fingerprint density at radius 2 is 0.672 bits per heavy atom. The first-order chi connectivity index (χ1) is 31.5. The van der Waals surface area contributed by atoms with E-state index < -0.39 is 6.10 Å². The molecule has 0 aromatic heterocycles. The second-order valence-electron chi connectivity index (χ2n) is 16.1. The van der Waals surface area contributed by atoms with Gasteiger partial charge in [0.25, 0.3) is 0 Å². The highest BCUT2D eigenvalue weighted by Gasteiger charge is 2.19. The van der Waals surface area contributed by atoms with Crippen LogP contribution in [0.15, 0.2) is 134 Å². The van der Waals surface area contributed by atoms with E-state index in [-0.39, 0.29) is 37.5 Å². The minimum absolute atomic E-state index is 0.112. The summed E-state index contributed by atoms with van der Waals surface area (Å²) in [6, 6.07) is 0. The Hall–Kier alpha value is -4.45. The zero-order valence-electron chi connectivity index (χ0n) is 40.7. The number of allylic oxidation sites excluding steroid dienone is 22. The summed E-state index contributed by atoms with van der Waals surface area (Å²) in [5.41, 5.74) is 0. The Labute approximate surface area is 392 Å². The molecule has 0 bridgehead atoms. The standard InChI is InChI=1S/C58H90O6/c1-4-7-10-13-16-19-22-25-27-29-30-32-33-36-39-42-45-48-51-57(60)63-54-55(53-62-56(59)50-47-44-41-38-35-24-21-18-15-12-9-6-3)64-58(61)52-49-46-43-40-37-34-31-28-26-23-20-17-14-11-8-5-2/h8-13,16-22,25-30,32,34,37,55H,4-7,14-15,23-24,31,33,35-36,38-54H2,1-3H3/b11-8-,12-9-,13-10-,19-16-,20-17-,21-18-,25-22-,28-26-,29-27-,32-30-,37-34-. The summed E-state index contributed by atoms with van der Waals surface area (Å²) >= 11 is 0. The first kappa shape index (κ1) is 59.5. The van der Waals surface area contributed by atoms with Crippen molar-refractivity contribution in [3.63, 3.8) is 0 Å². The molecule has 0 aliphatic rings. The van der Waals surface area contributed by atoms with E-state index in [0.717, 1.165) is 141 Å². The molecular formula is C58H90O6. The molecule has 1 atom stereocenters. The van der Waals surface area contributed by atoms with Crippen molar-refractivity contribution in [2.45, 2.75) is 200 Å². The molecule has 6 heteroatoms. The van der Waals surface area contributed by atoms with Gasteiger partial charge in [-0.05, 0) is 103 Å². The van der Waals surface area contributed by atoms with E-state index in [9.17, 15) is 14.4 Å². The third kappa shape index (κ3) is 48.6. The molecule has 0 saturated carbocycles. The quantitative estimate of drug-likeness (QED) is 0.0200. The van der Waals surface area contributed by atoms with Crippen LogP contribution in [0.3, 0.4) is 0 Å². The molecule has 0 spiro atoms. The highest BCUT2D eigenvalue weighted by Crippen LogP contribution is 2.12. The van der Waals surface area contributed by atoms with Crippen molar-refractivity contribution < 1.29 is 28.6 Å². The molecule has 0 N–H and O–H groups in total. The molecule has 1 unspecified atom stereocenters. The molecule has 0 aromatic carbocycles. The summed E-state index contributed by atoms with van der Waals surface area (Å²) in [5.74, 6) is -0.994. The molecule has 0 aliphatic heterocycles. The first-order valence-corrected chi connectivity index (χ1v) is 25.3. The van der Waals surface area contributed by atoms with Gasteiger partial charge in [-0.25, -0.2) is 0 Å². The normalized spacial score (nSPS) is 13.2. The summed E-state index contributed by atoms with van der Waals surface area (Å²) in [7, 11) is 0. The summed E-state index contributed by atoms with van der Waals surface area (Å²) in [6.07, 6.45) is 71.4. The molecule has 0 aliphatic carbocycles. The maximum atomic E-state index is 12.8. The molecule has 0 rings (SSSR count). The zero-order valence-corrected chi connectivity index (χ0v) is 40.7.